The molecule has 4 aromatic rings. The molecule has 40 heavy (non-hydrogen) atoms. The van der Waals surface area contributed by atoms with Crippen LogP contribution in [0.25, 0.3) is 16.7 Å². The summed E-state index contributed by atoms with van der Waals surface area (Å²) in [6.45, 7) is 4.79. The summed E-state index contributed by atoms with van der Waals surface area (Å²) in [4.78, 5) is 56.6. The number of nitrogens with one attached hydrogen (secondary N) is 1. The number of aromatic nitrogens is 6. The number of carbonyl (C=O) groups is 3. The molecule has 2 saturated heterocycles. The summed E-state index contributed by atoms with van der Waals surface area (Å²) in [7, 11) is 0. The van der Waals surface area contributed by atoms with Crippen LogP contribution in [0.3, 0.4) is 0 Å². The van der Waals surface area contributed by atoms with E-state index in [9.17, 15) is 18.8 Å². The molecular weight excluding hydrogens is 521 g/mol. The van der Waals surface area contributed by atoms with Gasteiger partial charge in [-0.1, -0.05) is 5.21 Å². The average molecular weight is 548 g/mol. The quantitative estimate of drug-likeness (QED) is 0.287. The number of ketones is 1. The predicted molar refractivity (Wildman–Crippen MR) is 140 cm³/mol. The molecular formula is C26H26FN9O4. The van der Waals surface area contributed by atoms with Gasteiger partial charge in [0, 0.05) is 51.2 Å². The monoisotopic (exact) mass is 547 g/mol. The van der Waals surface area contributed by atoms with Gasteiger partial charge in [0.2, 0.25) is 0 Å². The zero-order valence-corrected chi connectivity index (χ0v) is 21.7. The molecule has 0 aromatic carbocycles. The van der Waals surface area contributed by atoms with Gasteiger partial charge in [0.15, 0.2) is 11.6 Å². The van der Waals surface area contributed by atoms with Crippen molar-refractivity contribution in [1.82, 2.24) is 39.7 Å². The zero-order valence-electron chi connectivity index (χ0n) is 21.7. The van der Waals surface area contributed by atoms with Crippen LogP contribution in [0.2, 0.25) is 0 Å². The minimum atomic E-state index is -0.831. The summed E-state index contributed by atoms with van der Waals surface area (Å²) in [6.07, 6.45) is 6.91. The number of rotatable bonds is 5. The molecule has 0 saturated carbocycles. The number of aromatic amines is 1. The van der Waals surface area contributed by atoms with Gasteiger partial charge in [0.1, 0.15) is 5.82 Å². The molecule has 0 spiro atoms. The van der Waals surface area contributed by atoms with Crippen molar-refractivity contribution in [3.8, 4) is 5.82 Å². The lowest BCUT2D eigenvalue weighted by molar-refractivity contribution is -0.128. The third-order valence-electron chi connectivity index (χ3n) is 7.22. The molecule has 0 radical (unpaired) electrons. The fraction of sp³-hybridized carbons (Fsp3) is 0.346. The van der Waals surface area contributed by atoms with E-state index >= 15 is 0 Å². The second kappa shape index (κ2) is 10.4. The first-order valence-electron chi connectivity index (χ1n) is 12.9. The number of nitrogens with zero attached hydrogens (tertiary/aromatic N) is 8. The number of Topliss-reactive ketones (excluding diaryl/α,β-unsaturated/α-hetero) is 1. The van der Waals surface area contributed by atoms with Crippen LogP contribution in [0, 0.1) is 5.82 Å². The number of halogens is 1. The Labute approximate surface area is 227 Å². The lowest BCUT2D eigenvalue weighted by Crippen LogP contribution is -2.56. The number of pyridine rings is 2. The van der Waals surface area contributed by atoms with Crippen LogP contribution in [0.4, 0.5) is 10.2 Å². The van der Waals surface area contributed by atoms with E-state index in [-0.39, 0.29) is 40.8 Å². The molecule has 1 atom stereocenters. The molecule has 6 rings (SSSR count). The summed E-state index contributed by atoms with van der Waals surface area (Å²) in [5.74, 6) is -1.63. The van der Waals surface area contributed by atoms with Crippen LogP contribution >= 0.6 is 0 Å². The first kappa shape index (κ1) is 25.6. The van der Waals surface area contributed by atoms with Gasteiger partial charge in [-0.2, -0.15) is 0 Å². The number of hydrogen-bond donors (Lipinski definition) is 1. The second-order valence-corrected chi connectivity index (χ2v) is 9.63. The van der Waals surface area contributed by atoms with Gasteiger partial charge in [-0.25, -0.2) is 19.0 Å². The van der Waals surface area contributed by atoms with E-state index in [1.807, 2.05) is 11.8 Å². The van der Waals surface area contributed by atoms with Crippen molar-refractivity contribution in [3.63, 3.8) is 0 Å². The SMILES string of the molecule is C[C@@H]1CN(c2ncccc2C(=O)N2CCOCC2)CCN1C(=O)C(=O)c1c[nH]c2c(-n3ccnn3)ncc(F)c12. The topological polar surface area (TPSA) is 142 Å². The highest BCUT2D eigenvalue weighted by molar-refractivity contribution is 6.45. The largest absolute Gasteiger partial charge is 0.378 e. The first-order chi connectivity index (χ1) is 19.4. The van der Waals surface area contributed by atoms with Crippen molar-refractivity contribution < 1.29 is 23.5 Å². The number of carbonyl (C=O) groups excluding carboxylic acids is 3. The van der Waals surface area contributed by atoms with E-state index in [1.165, 1.54) is 28.2 Å². The van der Waals surface area contributed by atoms with Gasteiger partial charge in [0.25, 0.3) is 17.6 Å². The molecule has 1 N–H and O–H groups in total. The number of H-pyrrole nitrogens is 1. The Kier molecular flexibility index (Phi) is 6.67. The van der Waals surface area contributed by atoms with E-state index in [2.05, 4.69) is 25.3 Å². The molecule has 0 unspecified atom stereocenters. The average Bonchev–Trinajstić information content (AvgIpc) is 3.68. The molecule has 2 amide bonds. The number of ether oxygens (including phenoxy) is 1. The molecule has 2 aliphatic heterocycles. The van der Waals surface area contributed by atoms with Crippen molar-refractivity contribution in [3.05, 3.63) is 60.1 Å². The summed E-state index contributed by atoms with van der Waals surface area (Å²) < 4.78 is 21.6. The van der Waals surface area contributed by atoms with Crippen LogP contribution in [0.5, 0.6) is 0 Å². The minimum Gasteiger partial charge on any atom is -0.378 e. The fourth-order valence-corrected chi connectivity index (χ4v) is 5.22. The highest BCUT2D eigenvalue weighted by atomic mass is 19.1. The van der Waals surface area contributed by atoms with E-state index < -0.39 is 17.5 Å². The molecule has 0 aliphatic carbocycles. The first-order valence-corrected chi connectivity index (χ1v) is 12.9. The lowest BCUT2D eigenvalue weighted by atomic mass is 10.1. The number of morpholine rings is 1. The number of anilines is 1. The van der Waals surface area contributed by atoms with E-state index in [0.29, 0.717) is 50.8 Å². The molecule has 14 heteroatoms. The van der Waals surface area contributed by atoms with E-state index in [4.69, 9.17) is 4.74 Å². The van der Waals surface area contributed by atoms with Gasteiger partial charge in [-0.3, -0.25) is 14.4 Å². The van der Waals surface area contributed by atoms with Crippen molar-refractivity contribution >= 4 is 34.3 Å². The number of fused-ring (bicyclic) bond motifs is 1. The Bertz CT molecular complexity index is 1580. The normalized spacial score (nSPS) is 17.9. The molecule has 13 nitrogen and oxygen atoms in total. The predicted octanol–water partition coefficient (Wildman–Crippen LogP) is 1.07. The molecule has 2 fully saturated rings. The van der Waals surface area contributed by atoms with Crippen molar-refractivity contribution in [2.75, 3.05) is 50.8 Å². The summed E-state index contributed by atoms with van der Waals surface area (Å²) in [5, 5.41) is 7.58. The molecule has 6 heterocycles. The van der Waals surface area contributed by atoms with Gasteiger partial charge < -0.3 is 24.4 Å². The Morgan fingerprint density at radius 1 is 1.05 bits per heavy atom. The molecule has 2 aliphatic rings. The third-order valence-corrected chi connectivity index (χ3v) is 7.22. The lowest BCUT2D eigenvalue weighted by Gasteiger charge is -2.40. The van der Waals surface area contributed by atoms with E-state index in [1.54, 1.807) is 23.2 Å². The Hall–Kier alpha value is -4.72. The summed E-state index contributed by atoms with van der Waals surface area (Å²) in [6, 6.07) is 3.10. The smallest absolute Gasteiger partial charge is 0.295 e. The minimum absolute atomic E-state index is 0.0371. The maximum absolute atomic E-state index is 14.9. The van der Waals surface area contributed by atoms with Crippen LogP contribution < -0.4 is 4.90 Å². The molecule has 4 aromatic heterocycles. The number of piperazine rings is 1. The summed E-state index contributed by atoms with van der Waals surface area (Å²) in [5.41, 5.74) is 0.629. The Balaban J connectivity index is 1.21. The third kappa shape index (κ3) is 4.45. The molecule has 0 bridgehead atoms. The van der Waals surface area contributed by atoms with Crippen LogP contribution in [0.1, 0.15) is 27.6 Å². The molecule has 206 valence electrons. The highest BCUT2D eigenvalue weighted by Gasteiger charge is 2.35. The van der Waals surface area contributed by atoms with Crippen LogP contribution in [-0.4, -0.2) is 109 Å². The summed E-state index contributed by atoms with van der Waals surface area (Å²) >= 11 is 0. The Morgan fingerprint density at radius 2 is 1.88 bits per heavy atom. The van der Waals surface area contributed by atoms with Crippen LogP contribution in [-0.2, 0) is 9.53 Å². The highest BCUT2D eigenvalue weighted by Crippen LogP contribution is 2.27. The van der Waals surface area contributed by atoms with Gasteiger partial charge in [-0.15, -0.1) is 5.10 Å². The Morgan fingerprint density at radius 3 is 2.62 bits per heavy atom. The standard InChI is InChI=1S/C26H26FN9O4/c1-16-15-34(23-17(3-2-4-28-23)25(38)33-9-11-40-12-10-33)7-8-35(16)26(39)22(37)18-13-29-21-20(18)19(27)14-30-24(21)36-6-5-31-32-36/h2-6,13-14,16,29H,7-12,15H2,1H3/t16-/m1/s1. The van der Waals surface area contributed by atoms with Crippen LogP contribution in [0.15, 0.2) is 43.1 Å². The van der Waals surface area contributed by atoms with Gasteiger partial charge in [-0.05, 0) is 19.1 Å². The maximum atomic E-state index is 14.9. The van der Waals surface area contributed by atoms with Gasteiger partial charge >= 0.3 is 0 Å². The zero-order chi connectivity index (χ0) is 27.8. The number of amides is 2. The van der Waals surface area contributed by atoms with Crippen molar-refractivity contribution in [2.45, 2.75) is 13.0 Å². The van der Waals surface area contributed by atoms with Crippen molar-refractivity contribution in [1.29, 1.82) is 0 Å². The van der Waals surface area contributed by atoms with Crippen molar-refractivity contribution in [2.24, 2.45) is 0 Å². The van der Waals surface area contributed by atoms with E-state index in [0.717, 1.165) is 6.20 Å². The second-order valence-electron chi connectivity index (χ2n) is 9.63. The fourth-order valence-electron chi connectivity index (χ4n) is 5.22. The number of hydrogen-bond acceptors (Lipinski definition) is 9. The maximum Gasteiger partial charge on any atom is 0.295 e. The van der Waals surface area contributed by atoms with Gasteiger partial charge in [0.05, 0.1) is 53.8 Å².